The predicted octanol–water partition coefficient (Wildman–Crippen LogP) is 1.69. The molecular weight excluding hydrogens is 132 g/mol. The van der Waals surface area contributed by atoms with Crippen LogP contribution in [0.1, 0.15) is 20.3 Å². The molecule has 0 unspecified atom stereocenters. The first kappa shape index (κ1) is 9.02. The van der Waals surface area contributed by atoms with Gasteiger partial charge in [-0.05, 0) is 12.3 Å². The second kappa shape index (κ2) is 4.86. The van der Waals surface area contributed by atoms with Crippen LogP contribution in [-0.2, 0) is 4.79 Å². The molecule has 0 aromatic carbocycles. The lowest BCUT2D eigenvalue weighted by atomic mass is 10.0. The highest BCUT2D eigenvalue weighted by molar-refractivity contribution is 7.80. The molecule has 0 heterocycles. The van der Waals surface area contributed by atoms with Crippen LogP contribution in [0.4, 0.5) is 0 Å². The Bertz CT molecular complexity index is 81.0. The molecule has 1 nitrogen and oxygen atoms in total. The van der Waals surface area contributed by atoms with Crippen molar-refractivity contribution in [1.82, 2.24) is 0 Å². The van der Waals surface area contributed by atoms with E-state index in [1.54, 1.807) is 0 Å². The van der Waals surface area contributed by atoms with Gasteiger partial charge in [-0.3, -0.25) is 4.79 Å². The Kier molecular flexibility index (Phi) is 4.87. The van der Waals surface area contributed by atoms with Crippen LogP contribution in [0.3, 0.4) is 0 Å². The number of hydrogen-bond acceptors (Lipinski definition) is 2. The van der Waals surface area contributed by atoms with Crippen molar-refractivity contribution >= 4 is 18.9 Å². The average molecular weight is 145 g/mol. The van der Waals surface area contributed by atoms with Gasteiger partial charge in [0.15, 0.2) is 0 Å². The molecule has 0 aromatic rings. The van der Waals surface area contributed by atoms with E-state index in [0.717, 1.165) is 6.42 Å². The van der Waals surface area contributed by atoms with Gasteiger partial charge in [-0.15, -0.1) is 0 Å². The van der Waals surface area contributed by atoms with Crippen LogP contribution in [0.5, 0.6) is 0 Å². The van der Waals surface area contributed by atoms with Crippen LogP contribution in [0.25, 0.3) is 0 Å². The molecule has 0 amide bonds. The maximum absolute atomic E-state index is 10.1. The summed E-state index contributed by atoms with van der Waals surface area (Å²) in [7, 11) is 0. The van der Waals surface area contributed by atoms with E-state index in [1.807, 2.05) is 6.29 Å². The third kappa shape index (κ3) is 4.52. The van der Waals surface area contributed by atoms with Gasteiger partial charge in [0.1, 0.15) is 0 Å². The van der Waals surface area contributed by atoms with Crippen molar-refractivity contribution in [3.05, 3.63) is 0 Å². The van der Waals surface area contributed by atoms with Crippen molar-refractivity contribution in [1.29, 1.82) is 0 Å². The van der Waals surface area contributed by atoms with E-state index < -0.39 is 0 Å². The summed E-state index contributed by atoms with van der Waals surface area (Å²) in [6.45, 7) is 4.18. The Balaban J connectivity index is 3.42. The predicted molar refractivity (Wildman–Crippen MR) is 42.5 cm³/mol. The van der Waals surface area contributed by atoms with Crippen molar-refractivity contribution in [2.45, 2.75) is 20.3 Å². The number of rotatable bonds is 4. The summed E-state index contributed by atoms with van der Waals surface area (Å²) in [5.41, 5.74) is 0. The van der Waals surface area contributed by atoms with Crippen LogP contribution in [0.15, 0.2) is 0 Å². The molecule has 0 aliphatic rings. The van der Waals surface area contributed by atoms with Crippen LogP contribution >= 0.6 is 12.6 Å². The van der Waals surface area contributed by atoms with Gasteiger partial charge in [0.2, 0.25) is 6.29 Å². The minimum Gasteiger partial charge on any atom is -0.291 e. The van der Waals surface area contributed by atoms with Crippen LogP contribution in [0.2, 0.25) is 0 Å². The normalized spacial score (nSPS) is 13.8. The first-order valence-electron chi connectivity index (χ1n) is 3.19. The SMILES string of the molecule is CC(C)C[C@H]([C]=O)CS. The quantitative estimate of drug-likeness (QED) is 0.596. The van der Waals surface area contributed by atoms with E-state index in [2.05, 4.69) is 26.5 Å². The molecule has 1 atom stereocenters. The van der Waals surface area contributed by atoms with E-state index in [0.29, 0.717) is 11.7 Å². The van der Waals surface area contributed by atoms with Crippen LogP contribution in [-0.4, -0.2) is 12.0 Å². The molecule has 9 heavy (non-hydrogen) atoms. The smallest absolute Gasteiger partial charge is 0.202 e. The van der Waals surface area contributed by atoms with Gasteiger partial charge < -0.3 is 0 Å². The Morgan fingerprint density at radius 1 is 1.56 bits per heavy atom. The summed E-state index contributed by atoms with van der Waals surface area (Å²) in [5.74, 6) is 1.23. The third-order valence-corrected chi connectivity index (χ3v) is 1.58. The topological polar surface area (TPSA) is 17.1 Å². The first-order chi connectivity index (χ1) is 4.20. The largest absolute Gasteiger partial charge is 0.291 e. The van der Waals surface area contributed by atoms with E-state index in [-0.39, 0.29) is 5.92 Å². The van der Waals surface area contributed by atoms with E-state index in [1.165, 1.54) is 0 Å². The molecule has 0 fully saturated rings. The standard InChI is InChI=1S/C7H13OS/c1-6(2)3-7(4-8)5-9/h6-7,9H,3,5H2,1-2H3/t7-/m1/s1. The van der Waals surface area contributed by atoms with Gasteiger partial charge >= 0.3 is 0 Å². The molecule has 0 spiro atoms. The highest BCUT2D eigenvalue weighted by Crippen LogP contribution is 2.09. The molecular formula is C7H13OS. The van der Waals surface area contributed by atoms with Gasteiger partial charge in [-0.1, -0.05) is 13.8 Å². The maximum atomic E-state index is 10.1. The fourth-order valence-electron chi connectivity index (χ4n) is 0.729. The molecule has 0 aliphatic carbocycles. The molecule has 0 bridgehead atoms. The average Bonchev–Trinajstić information content (AvgIpc) is 1.82. The fraction of sp³-hybridized carbons (Fsp3) is 0.857. The molecule has 0 N–H and O–H groups in total. The van der Waals surface area contributed by atoms with Crippen molar-refractivity contribution in [2.75, 3.05) is 5.75 Å². The van der Waals surface area contributed by atoms with Crippen LogP contribution in [0, 0.1) is 11.8 Å². The second-order valence-corrected chi connectivity index (χ2v) is 2.99. The zero-order valence-corrected chi connectivity index (χ0v) is 6.82. The molecule has 0 rings (SSSR count). The zero-order chi connectivity index (χ0) is 7.28. The molecule has 53 valence electrons. The Hall–Kier alpha value is 0.0200. The van der Waals surface area contributed by atoms with E-state index in [4.69, 9.17) is 0 Å². The highest BCUT2D eigenvalue weighted by Gasteiger charge is 2.07. The minimum absolute atomic E-state index is 0.0355. The molecule has 0 saturated heterocycles. The van der Waals surface area contributed by atoms with Gasteiger partial charge in [-0.2, -0.15) is 12.6 Å². The molecule has 0 aromatic heterocycles. The summed E-state index contributed by atoms with van der Waals surface area (Å²) in [6.07, 6.45) is 2.87. The lowest BCUT2D eigenvalue weighted by molar-refractivity contribution is 0.480. The lowest BCUT2D eigenvalue weighted by Gasteiger charge is -2.07. The summed E-state index contributed by atoms with van der Waals surface area (Å²) >= 11 is 4.01. The van der Waals surface area contributed by atoms with Gasteiger partial charge in [0, 0.05) is 11.7 Å². The summed E-state index contributed by atoms with van der Waals surface area (Å²) < 4.78 is 0. The summed E-state index contributed by atoms with van der Waals surface area (Å²) in [6, 6.07) is 0. The van der Waals surface area contributed by atoms with Crippen LogP contribution < -0.4 is 0 Å². The van der Waals surface area contributed by atoms with Crippen molar-refractivity contribution in [3.63, 3.8) is 0 Å². The van der Waals surface area contributed by atoms with Crippen molar-refractivity contribution in [2.24, 2.45) is 11.8 Å². The molecule has 0 aliphatic heterocycles. The minimum atomic E-state index is 0.0355. The van der Waals surface area contributed by atoms with Crippen molar-refractivity contribution < 1.29 is 4.79 Å². The number of hydrogen-bond donors (Lipinski definition) is 1. The Morgan fingerprint density at radius 2 is 2.11 bits per heavy atom. The zero-order valence-electron chi connectivity index (χ0n) is 5.92. The molecule has 2 heteroatoms. The van der Waals surface area contributed by atoms with Gasteiger partial charge in [0.25, 0.3) is 0 Å². The van der Waals surface area contributed by atoms with Crippen molar-refractivity contribution in [3.8, 4) is 0 Å². The maximum Gasteiger partial charge on any atom is 0.202 e. The molecule has 1 radical (unpaired) electrons. The monoisotopic (exact) mass is 145 g/mol. The third-order valence-electron chi connectivity index (χ3n) is 1.14. The van der Waals surface area contributed by atoms with Gasteiger partial charge in [-0.25, -0.2) is 0 Å². The number of carbonyl (C=O) groups excluding carboxylic acids is 1. The molecule has 0 saturated carbocycles. The second-order valence-electron chi connectivity index (χ2n) is 2.63. The summed E-state index contributed by atoms with van der Waals surface area (Å²) in [4.78, 5) is 10.1. The fourth-order valence-corrected chi connectivity index (χ4v) is 0.953. The Labute approximate surface area is 62.2 Å². The summed E-state index contributed by atoms with van der Waals surface area (Å²) in [5, 5.41) is 0. The highest BCUT2D eigenvalue weighted by atomic mass is 32.1. The van der Waals surface area contributed by atoms with E-state index in [9.17, 15) is 4.79 Å². The number of thiol groups is 1. The van der Waals surface area contributed by atoms with Gasteiger partial charge in [0.05, 0.1) is 0 Å². The van der Waals surface area contributed by atoms with E-state index >= 15 is 0 Å². The first-order valence-corrected chi connectivity index (χ1v) is 3.82. The Morgan fingerprint density at radius 3 is 2.22 bits per heavy atom. The lowest BCUT2D eigenvalue weighted by Crippen LogP contribution is -2.06.